The predicted molar refractivity (Wildman–Crippen MR) is 86.6 cm³/mol. The Bertz CT molecular complexity index is 516. The number of anilines is 1. The summed E-state index contributed by atoms with van der Waals surface area (Å²) in [7, 11) is 2.27. The number of rotatable bonds is 1. The van der Waals surface area contributed by atoms with Crippen LogP contribution < -0.4 is 4.90 Å². The topological polar surface area (TPSA) is 19.4 Å². The third kappa shape index (κ3) is 2.17. The molecule has 2 saturated heterocycles. The molecule has 1 saturated carbocycles. The summed E-state index contributed by atoms with van der Waals surface area (Å²) in [5.41, 5.74) is 3.74. The molecule has 4 rings (SSSR count). The van der Waals surface area contributed by atoms with E-state index in [0.717, 1.165) is 5.69 Å². The minimum atomic E-state index is 0.622. The van der Waals surface area contributed by atoms with Crippen molar-refractivity contribution >= 4 is 5.69 Å². The molecule has 2 spiro atoms. The van der Waals surface area contributed by atoms with Gasteiger partial charge in [0, 0.05) is 18.8 Å². The average molecular weight is 285 g/mol. The van der Waals surface area contributed by atoms with Crippen LogP contribution in [0, 0.1) is 17.8 Å². The van der Waals surface area contributed by atoms with Crippen molar-refractivity contribution in [1.82, 2.24) is 9.88 Å². The summed E-state index contributed by atoms with van der Waals surface area (Å²) in [5, 5.41) is 0. The minimum Gasteiger partial charge on any atom is -0.370 e. The van der Waals surface area contributed by atoms with E-state index >= 15 is 0 Å². The molecule has 3 nitrogen and oxygen atoms in total. The van der Waals surface area contributed by atoms with Crippen LogP contribution in [-0.2, 0) is 0 Å². The molecule has 0 amide bonds. The molecule has 21 heavy (non-hydrogen) atoms. The Morgan fingerprint density at radius 1 is 1.05 bits per heavy atom. The van der Waals surface area contributed by atoms with Crippen LogP contribution >= 0.6 is 0 Å². The lowest BCUT2D eigenvalue weighted by molar-refractivity contribution is 0.155. The number of likely N-dealkylation sites (tertiary alicyclic amines) is 1. The molecule has 1 aromatic rings. The van der Waals surface area contributed by atoms with Crippen molar-refractivity contribution in [2.24, 2.45) is 10.8 Å². The average Bonchev–Trinajstić information content (AvgIpc) is 3.08. The van der Waals surface area contributed by atoms with Crippen LogP contribution in [0.25, 0.3) is 0 Å². The molecule has 1 atom stereocenters. The molecule has 3 aliphatic rings. The predicted octanol–water partition coefficient (Wildman–Crippen LogP) is 3.09. The van der Waals surface area contributed by atoms with E-state index in [2.05, 4.69) is 47.1 Å². The third-order valence-electron chi connectivity index (χ3n) is 6.46. The Hall–Kier alpha value is -1.09. The minimum absolute atomic E-state index is 0.622. The van der Waals surface area contributed by atoms with Crippen LogP contribution in [-0.4, -0.2) is 43.1 Å². The third-order valence-corrected chi connectivity index (χ3v) is 6.46. The van der Waals surface area contributed by atoms with Crippen molar-refractivity contribution in [2.45, 2.75) is 39.0 Å². The summed E-state index contributed by atoms with van der Waals surface area (Å²) in [4.78, 5) is 9.59. The second kappa shape index (κ2) is 4.70. The van der Waals surface area contributed by atoms with Gasteiger partial charge in [0.25, 0.3) is 0 Å². The Morgan fingerprint density at radius 2 is 1.86 bits per heavy atom. The monoisotopic (exact) mass is 285 g/mol. The second-order valence-electron chi connectivity index (χ2n) is 7.72. The Morgan fingerprint density at radius 3 is 2.57 bits per heavy atom. The number of nitrogens with zero attached hydrogens (tertiary/aromatic N) is 3. The molecular formula is C18H27N3. The largest absolute Gasteiger partial charge is 0.370 e. The van der Waals surface area contributed by atoms with Gasteiger partial charge >= 0.3 is 0 Å². The van der Waals surface area contributed by atoms with Gasteiger partial charge in [-0.2, -0.15) is 0 Å². The highest BCUT2D eigenvalue weighted by Gasteiger charge is 2.67. The highest BCUT2D eigenvalue weighted by atomic mass is 15.2. The van der Waals surface area contributed by atoms with Gasteiger partial charge in [0.15, 0.2) is 0 Å². The van der Waals surface area contributed by atoms with Gasteiger partial charge in [0.05, 0.1) is 11.9 Å². The van der Waals surface area contributed by atoms with Crippen molar-refractivity contribution in [2.75, 3.05) is 38.1 Å². The number of piperidine rings is 2. The second-order valence-corrected chi connectivity index (χ2v) is 7.72. The normalized spacial score (nSPS) is 31.8. The first-order valence-electron chi connectivity index (χ1n) is 8.49. The molecule has 0 bridgehead atoms. The molecule has 1 unspecified atom stereocenters. The van der Waals surface area contributed by atoms with Crippen molar-refractivity contribution < 1.29 is 0 Å². The fraction of sp³-hybridized carbons (Fsp3) is 0.722. The van der Waals surface area contributed by atoms with Gasteiger partial charge in [-0.3, -0.25) is 4.98 Å². The lowest BCUT2D eigenvalue weighted by Crippen LogP contribution is -2.42. The standard InChI is InChI=1S/C18H27N3/c1-15-4-5-16(12-19-15)21-9-3-6-18(14-21)13-17(18)7-10-20(2)11-8-17/h4-5,12H,3,6-11,13-14H2,1-2H3. The molecule has 1 aromatic heterocycles. The molecular weight excluding hydrogens is 258 g/mol. The van der Waals surface area contributed by atoms with Crippen molar-refractivity contribution in [1.29, 1.82) is 0 Å². The van der Waals surface area contributed by atoms with E-state index < -0.39 is 0 Å². The molecule has 0 N–H and O–H groups in total. The van der Waals surface area contributed by atoms with E-state index in [0.29, 0.717) is 10.8 Å². The van der Waals surface area contributed by atoms with Crippen LogP contribution in [0.1, 0.15) is 37.8 Å². The molecule has 0 aromatic carbocycles. The van der Waals surface area contributed by atoms with E-state index in [4.69, 9.17) is 0 Å². The number of fused-ring (bicyclic) bond motifs is 1. The summed E-state index contributed by atoms with van der Waals surface area (Å²) in [6.07, 6.45) is 9.19. The van der Waals surface area contributed by atoms with Gasteiger partial charge in [-0.05, 0) is 82.1 Å². The highest BCUT2D eigenvalue weighted by Crippen LogP contribution is 2.72. The zero-order valence-corrected chi connectivity index (χ0v) is 13.4. The van der Waals surface area contributed by atoms with Gasteiger partial charge in [-0.1, -0.05) is 0 Å². The van der Waals surface area contributed by atoms with Crippen LogP contribution in [0.15, 0.2) is 18.3 Å². The zero-order valence-electron chi connectivity index (χ0n) is 13.4. The Balaban J connectivity index is 1.50. The van der Waals surface area contributed by atoms with Crippen LogP contribution in [0.3, 0.4) is 0 Å². The van der Waals surface area contributed by atoms with Crippen molar-refractivity contribution in [3.05, 3.63) is 24.0 Å². The Labute approximate surface area is 128 Å². The van der Waals surface area contributed by atoms with E-state index in [9.17, 15) is 0 Å². The SMILES string of the molecule is Cc1ccc(N2CCCC3(C2)CC32CCN(C)CC2)cn1. The zero-order chi connectivity index (χ0) is 14.5. The van der Waals surface area contributed by atoms with Crippen molar-refractivity contribution in [3.63, 3.8) is 0 Å². The molecule has 114 valence electrons. The number of aryl methyl sites for hydroxylation is 1. The lowest BCUT2D eigenvalue weighted by Gasteiger charge is -2.40. The fourth-order valence-electron chi connectivity index (χ4n) is 4.93. The van der Waals surface area contributed by atoms with Gasteiger partial charge in [-0.25, -0.2) is 0 Å². The summed E-state index contributed by atoms with van der Waals surface area (Å²) < 4.78 is 0. The van der Waals surface area contributed by atoms with Crippen LogP contribution in [0.5, 0.6) is 0 Å². The summed E-state index contributed by atoms with van der Waals surface area (Å²) >= 11 is 0. The first kappa shape index (κ1) is 13.6. The Kier molecular flexibility index (Phi) is 3.04. The summed E-state index contributed by atoms with van der Waals surface area (Å²) in [5.74, 6) is 0. The van der Waals surface area contributed by atoms with Crippen molar-refractivity contribution in [3.8, 4) is 0 Å². The van der Waals surface area contributed by atoms with Gasteiger partial charge in [-0.15, -0.1) is 0 Å². The summed E-state index contributed by atoms with van der Waals surface area (Å²) in [6, 6.07) is 4.40. The molecule has 3 fully saturated rings. The maximum Gasteiger partial charge on any atom is 0.0553 e. The van der Waals surface area contributed by atoms with Gasteiger partial charge in [0.1, 0.15) is 0 Å². The molecule has 0 radical (unpaired) electrons. The van der Waals surface area contributed by atoms with E-state index in [1.54, 1.807) is 0 Å². The maximum absolute atomic E-state index is 4.49. The number of aromatic nitrogens is 1. The fourth-order valence-corrected chi connectivity index (χ4v) is 4.93. The molecule has 1 aliphatic carbocycles. The number of pyridine rings is 1. The lowest BCUT2D eigenvalue weighted by atomic mass is 9.79. The number of hydrogen-bond acceptors (Lipinski definition) is 3. The van der Waals surface area contributed by atoms with E-state index in [1.165, 1.54) is 64.0 Å². The molecule has 2 aliphatic heterocycles. The first-order chi connectivity index (χ1) is 10.1. The van der Waals surface area contributed by atoms with Gasteiger partial charge in [0.2, 0.25) is 0 Å². The molecule has 3 heterocycles. The van der Waals surface area contributed by atoms with Crippen LogP contribution in [0.4, 0.5) is 5.69 Å². The first-order valence-corrected chi connectivity index (χ1v) is 8.49. The quantitative estimate of drug-likeness (QED) is 0.790. The number of hydrogen-bond donors (Lipinski definition) is 0. The van der Waals surface area contributed by atoms with E-state index in [-0.39, 0.29) is 0 Å². The van der Waals surface area contributed by atoms with Gasteiger partial charge < -0.3 is 9.80 Å². The smallest absolute Gasteiger partial charge is 0.0553 e. The van der Waals surface area contributed by atoms with Crippen LogP contribution in [0.2, 0.25) is 0 Å². The summed E-state index contributed by atoms with van der Waals surface area (Å²) in [6.45, 7) is 7.14. The molecule has 3 heteroatoms. The maximum atomic E-state index is 4.49. The highest BCUT2D eigenvalue weighted by molar-refractivity contribution is 5.46. The van der Waals surface area contributed by atoms with E-state index in [1.807, 2.05) is 0 Å².